The standard InChI is InChI=1S/C20H27FN2O2.C2H6/c1-3-14(4-2)23-12-19(24)20(25)15-10-16(21)17(11-18(15)23)22-13-8-6-5-7-9-13;1-2/h10-14,22,24H,3-9H2,1-2H3;1-2H3. The highest BCUT2D eigenvalue weighted by molar-refractivity contribution is 5.84. The van der Waals surface area contributed by atoms with Gasteiger partial charge in [-0.1, -0.05) is 47.0 Å². The first-order chi connectivity index (χ1) is 13.0. The fourth-order valence-electron chi connectivity index (χ4n) is 3.92. The minimum atomic E-state index is -0.514. The molecule has 0 unspecified atom stereocenters. The van der Waals surface area contributed by atoms with Crippen molar-refractivity contribution in [3.05, 3.63) is 34.4 Å². The molecule has 2 aromatic rings. The number of aromatic nitrogens is 1. The minimum absolute atomic E-state index is 0.155. The third kappa shape index (κ3) is 4.63. The van der Waals surface area contributed by atoms with Crippen LogP contribution >= 0.6 is 0 Å². The van der Waals surface area contributed by atoms with Crippen LogP contribution in [0.15, 0.2) is 23.1 Å². The van der Waals surface area contributed by atoms with Gasteiger partial charge >= 0.3 is 0 Å². The number of nitrogens with one attached hydrogen (secondary N) is 1. The molecule has 3 rings (SSSR count). The number of hydrogen-bond donors (Lipinski definition) is 2. The first kappa shape index (κ1) is 21.3. The molecule has 0 bridgehead atoms. The molecule has 0 saturated heterocycles. The summed E-state index contributed by atoms with van der Waals surface area (Å²) in [7, 11) is 0. The van der Waals surface area contributed by atoms with Crippen molar-refractivity contribution in [3.8, 4) is 5.75 Å². The fraction of sp³-hybridized carbons (Fsp3) is 0.591. The van der Waals surface area contributed by atoms with Crippen LogP contribution in [-0.4, -0.2) is 15.7 Å². The van der Waals surface area contributed by atoms with E-state index in [1.165, 1.54) is 31.5 Å². The second kappa shape index (κ2) is 9.77. The van der Waals surface area contributed by atoms with Gasteiger partial charge in [-0.3, -0.25) is 4.79 Å². The van der Waals surface area contributed by atoms with E-state index in [9.17, 15) is 14.3 Å². The van der Waals surface area contributed by atoms with E-state index in [4.69, 9.17) is 0 Å². The molecule has 4 nitrogen and oxygen atoms in total. The Morgan fingerprint density at radius 2 is 1.81 bits per heavy atom. The van der Waals surface area contributed by atoms with Crippen LogP contribution in [0.3, 0.4) is 0 Å². The molecule has 0 amide bonds. The van der Waals surface area contributed by atoms with Crippen LogP contribution in [-0.2, 0) is 0 Å². The molecule has 1 heterocycles. The monoisotopic (exact) mass is 376 g/mol. The lowest BCUT2D eigenvalue weighted by Gasteiger charge is -2.25. The summed E-state index contributed by atoms with van der Waals surface area (Å²) in [6, 6.07) is 3.44. The van der Waals surface area contributed by atoms with Gasteiger partial charge in [-0.15, -0.1) is 0 Å². The number of aromatic hydroxyl groups is 1. The maximum atomic E-state index is 14.6. The number of anilines is 1. The van der Waals surface area contributed by atoms with Gasteiger partial charge in [-0.2, -0.15) is 0 Å². The van der Waals surface area contributed by atoms with Gasteiger partial charge in [0.25, 0.3) is 0 Å². The Morgan fingerprint density at radius 3 is 2.41 bits per heavy atom. The van der Waals surface area contributed by atoms with Crippen molar-refractivity contribution >= 4 is 16.6 Å². The molecule has 5 heteroatoms. The van der Waals surface area contributed by atoms with Gasteiger partial charge in [0.1, 0.15) is 5.82 Å². The number of nitrogens with zero attached hydrogens (tertiary/aromatic N) is 1. The highest BCUT2D eigenvalue weighted by Gasteiger charge is 2.19. The Kier molecular flexibility index (Phi) is 7.69. The van der Waals surface area contributed by atoms with Crippen molar-refractivity contribution in [2.75, 3.05) is 5.32 Å². The SMILES string of the molecule is CC.CCC(CC)n1cc(O)c(=O)c2cc(F)c(NC3CCCCC3)cc21. The van der Waals surface area contributed by atoms with Crippen LogP contribution in [0.1, 0.15) is 78.7 Å². The van der Waals surface area contributed by atoms with Gasteiger partial charge in [-0.05, 0) is 37.8 Å². The lowest BCUT2D eigenvalue weighted by molar-refractivity contribution is 0.439. The molecule has 0 radical (unpaired) electrons. The summed E-state index contributed by atoms with van der Waals surface area (Å²) in [5, 5.41) is 13.5. The molecule has 0 atom stereocenters. The maximum Gasteiger partial charge on any atom is 0.231 e. The van der Waals surface area contributed by atoms with Crippen LogP contribution in [0.2, 0.25) is 0 Å². The zero-order chi connectivity index (χ0) is 20.0. The van der Waals surface area contributed by atoms with Crippen LogP contribution < -0.4 is 10.7 Å². The molecule has 1 aliphatic carbocycles. The summed E-state index contributed by atoms with van der Waals surface area (Å²) in [6.45, 7) is 8.14. The molecule has 1 aromatic carbocycles. The summed E-state index contributed by atoms with van der Waals surface area (Å²) < 4.78 is 16.5. The largest absolute Gasteiger partial charge is 0.503 e. The third-order valence-electron chi connectivity index (χ3n) is 5.40. The van der Waals surface area contributed by atoms with Gasteiger partial charge in [0, 0.05) is 12.1 Å². The molecule has 1 saturated carbocycles. The molecule has 0 aliphatic heterocycles. The van der Waals surface area contributed by atoms with Gasteiger partial charge < -0.3 is 15.0 Å². The number of halogens is 1. The van der Waals surface area contributed by atoms with Crippen molar-refractivity contribution in [1.29, 1.82) is 0 Å². The summed E-state index contributed by atoms with van der Waals surface area (Å²) in [5.74, 6) is -0.760. The van der Waals surface area contributed by atoms with Crippen molar-refractivity contribution < 1.29 is 9.50 Å². The Hall–Kier alpha value is -2.04. The fourth-order valence-corrected chi connectivity index (χ4v) is 3.92. The summed E-state index contributed by atoms with van der Waals surface area (Å²) in [6.07, 6.45) is 8.90. The topological polar surface area (TPSA) is 54.3 Å². The van der Waals surface area contributed by atoms with Crippen LogP contribution in [0.25, 0.3) is 10.9 Å². The molecule has 27 heavy (non-hydrogen) atoms. The van der Waals surface area contributed by atoms with Gasteiger partial charge in [0.2, 0.25) is 5.43 Å². The van der Waals surface area contributed by atoms with E-state index in [2.05, 4.69) is 19.2 Å². The predicted molar refractivity (Wildman–Crippen MR) is 111 cm³/mol. The van der Waals surface area contributed by atoms with Crippen molar-refractivity contribution in [1.82, 2.24) is 4.57 Å². The molecule has 1 aromatic heterocycles. The van der Waals surface area contributed by atoms with Crippen molar-refractivity contribution in [2.24, 2.45) is 0 Å². The second-order valence-electron chi connectivity index (χ2n) is 7.05. The van der Waals surface area contributed by atoms with E-state index in [0.717, 1.165) is 25.7 Å². The Balaban J connectivity index is 0.00000126. The zero-order valence-corrected chi connectivity index (χ0v) is 17.0. The highest BCUT2D eigenvalue weighted by Crippen LogP contribution is 2.29. The Bertz CT molecular complexity index is 806. The summed E-state index contributed by atoms with van der Waals surface area (Å²) >= 11 is 0. The van der Waals surface area contributed by atoms with E-state index >= 15 is 0 Å². The molecule has 1 fully saturated rings. The number of hydrogen-bond acceptors (Lipinski definition) is 3. The van der Waals surface area contributed by atoms with Crippen LogP contribution in [0.4, 0.5) is 10.1 Å². The van der Waals surface area contributed by atoms with Gasteiger partial charge in [0.15, 0.2) is 5.75 Å². The van der Waals surface area contributed by atoms with Crippen molar-refractivity contribution in [3.63, 3.8) is 0 Å². The minimum Gasteiger partial charge on any atom is -0.503 e. The number of benzene rings is 1. The van der Waals surface area contributed by atoms with E-state index < -0.39 is 11.2 Å². The number of rotatable bonds is 5. The first-order valence-electron chi connectivity index (χ1n) is 10.4. The third-order valence-corrected chi connectivity index (χ3v) is 5.40. The van der Waals surface area contributed by atoms with Gasteiger partial charge in [0.05, 0.1) is 22.8 Å². The number of fused-ring (bicyclic) bond motifs is 1. The van der Waals surface area contributed by atoms with E-state index in [-0.39, 0.29) is 23.2 Å². The summed E-state index contributed by atoms with van der Waals surface area (Å²) in [5.41, 5.74) is 0.612. The van der Waals surface area contributed by atoms with Gasteiger partial charge in [-0.25, -0.2) is 4.39 Å². The first-order valence-corrected chi connectivity index (χ1v) is 10.4. The Morgan fingerprint density at radius 1 is 1.19 bits per heavy atom. The highest BCUT2D eigenvalue weighted by atomic mass is 19.1. The zero-order valence-electron chi connectivity index (χ0n) is 17.0. The second-order valence-corrected chi connectivity index (χ2v) is 7.05. The molecule has 0 spiro atoms. The molecular formula is C22H33FN2O2. The van der Waals surface area contributed by atoms with E-state index in [1.807, 2.05) is 18.4 Å². The van der Waals surface area contributed by atoms with Crippen LogP contribution in [0, 0.1) is 5.82 Å². The molecule has 1 aliphatic rings. The normalized spacial score (nSPS) is 14.9. The van der Waals surface area contributed by atoms with E-state index in [1.54, 1.807) is 6.07 Å². The maximum absolute atomic E-state index is 14.6. The van der Waals surface area contributed by atoms with E-state index in [0.29, 0.717) is 11.2 Å². The molecule has 2 N–H and O–H groups in total. The quantitative estimate of drug-likeness (QED) is 0.675. The number of pyridine rings is 1. The Labute approximate surface area is 161 Å². The average Bonchev–Trinajstić information content (AvgIpc) is 2.70. The smallest absolute Gasteiger partial charge is 0.231 e. The average molecular weight is 377 g/mol. The van der Waals surface area contributed by atoms with Crippen LogP contribution in [0.5, 0.6) is 5.75 Å². The molecular weight excluding hydrogens is 343 g/mol. The lowest BCUT2D eigenvalue weighted by Crippen LogP contribution is -2.23. The predicted octanol–water partition coefficient (Wildman–Crippen LogP) is 5.98. The summed E-state index contributed by atoms with van der Waals surface area (Å²) in [4.78, 5) is 12.3. The molecule has 150 valence electrons. The van der Waals surface area contributed by atoms with Crippen molar-refractivity contribution in [2.45, 2.75) is 84.7 Å². The lowest BCUT2D eigenvalue weighted by atomic mass is 9.95.